The zero-order valence-corrected chi connectivity index (χ0v) is 24.3. The number of rotatable bonds is 11. The first-order valence-corrected chi connectivity index (χ1v) is 12.9. The number of benzene rings is 1. The topological polar surface area (TPSA) is 95.9 Å². The lowest BCUT2D eigenvalue weighted by Gasteiger charge is -2.34. The number of nitrogens with one attached hydrogen (secondary N) is 1. The summed E-state index contributed by atoms with van der Waals surface area (Å²) in [5.41, 5.74) is 1.18. The molecule has 0 bridgehead atoms. The van der Waals surface area contributed by atoms with E-state index in [0.717, 1.165) is 12.7 Å². The molecule has 1 aromatic rings. The van der Waals surface area contributed by atoms with Crippen LogP contribution in [0.15, 0.2) is 42.0 Å². The highest BCUT2D eigenvalue weighted by Crippen LogP contribution is 2.33. The summed E-state index contributed by atoms with van der Waals surface area (Å²) >= 11 is 0. The molecule has 206 valence electrons. The zero-order valence-electron chi connectivity index (χ0n) is 24.3. The Morgan fingerprint density at radius 2 is 1.61 bits per heavy atom. The van der Waals surface area contributed by atoms with Gasteiger partial charge in [-0.05, 0) is 31.7 Å². The third-order valence-corrected chi connectivity index (χ3v) is 6.07. The van der Waals surface area contributed by atoms with Gasteiger partial charge in [0.2, 0.25) is 11.8 Å². The van der Waals surface area contributed by atoms with Gasteiger partial charge in [-0.25, -0.2) is 4.79 Å². The number of likely N-dealkylation sites (N-methyl/N-ethyl adjacent to an activating group) is 1. The van der Waals surface area contributed by atoms with E-state index in [0.29, 0.717) is 18.6 Å². The number of hydrogen-bond donors (Lipinski definition) is 2. The third-order valence-electron chi connectivity index (χ3n) is 6.07. The number of hydrogen-bond acceptors (Lipinski definition) is 5. The van der Waals surface area contributed by atoms with Crippen LogP contribution in [-0.4, -0.2) is 61.1 Å². The third kappa shape index (κ3) is 10.9. The molecular formula is C29H50N2O5. The lowest BCUT2D eigenvalue weighted by atomic mass is 9.71. The molecule has 0 spiro atoms. The Labute approximate surface area is 219 Å². The highest BCUT2D eigenvalue weighted by molar-refractivity contribution is 5.89. The summed E-state index contributed by atoms with van der Waals surface area (Å²) in [6, 6.07) is 9.67. The SMILES string of the molecule is CC.CCOC(=O)/C(C)=C/[C@H](C(C)C)N(C)C(=O)CNC(=O)[C@@H](CC)C(C)(C)c1ccccc1.CO. The number of ether oxygens (including phenoxy) is 1. The fourth-order valence-corrected chi connectivity index (χ4v) is 3.99. The van der Waals surface area contributed by atoms with Gasteiger partial charge in [-0.3, -0.25) is 9.59 Å². The van der Waals surface area contributed by atoms with Crippen LogP contribution in [0.3, 0.4) is 0 Å². The van der Waals surface area contributed by atoms with Crippen molar-refractivity contribution in [1.82, 2.24) is 10.2 Å². The van der Waals surface area contributed by atoms with Crippen molar-refractivity contribution >= 4 is 17.8 Å². The van der Waals surface area contributed by atoms with Gasteiger partial charge in [-0.15, -0.1) is 0 Å². The predicted octanol–water partition coefficient (Wildman–Crippen LogP) is 4.73. The van der Waals surface area contributed by atoms with Gasteiger partial charge in [0.25, 0.3) is 0 Å². The number of nitrogens with zero attached hydrogens (tertiary/aromatic N) is 1. The Morgan fingerprint density at radius 1 is 1.08 bits per heavy atom. The highest BCUT2D eigenvalue weighted by Gasteiger charge is 2.35. The van der Waals surface area contributed by atoms with Crippen molar-refractivity contribution < 1.29 is 24.2 Å². The van der Waals surface area contributed by atoms with Crippen molar-refractivity contribution in [3.05, 3.63) is 47.5 Å². The molecule has 0 fully saturated rings. The molecule has 1 rings (SSSR count). The second-order valence-electron chi connectivity index (χ2n) is 9.08. The summed E-state index contributed by atoms with van der Waals surface area (Å²) in [5, 5.41) is 9.84. The average Bonchev–Trinajstić information content (AvgIpc) is 2.88. The minimum atomic E-state index is -0.388. The van der Waals surface area contributed by atoms with Crippen molar-refractivity contribution in [2.45, 2.75) is 80.2 Å². The molecule has 0 unspecified atom stereocenters. The van der Waals surface area contributed by atoms with Crippen molar-refractivity contribution in [3.8, 4) is 0 Å². The first-order chi connectivity index (χ1) is 17.0. The number of carbonyl (C=O) groups is 3. The average molecular weight is 507 g/mol. The predicted molar refractivity (Wildman–Crippen MR) is 148 cm³/mol. The highest BCUT2D eigenvalue weighted by atomic mass is 16.5. The second-order valence-corrected chi connectivity index (χ2v) is 9.08. The monoisotopic (exact) mass is 506 g/mol. The van der Waals surface area contributed by atoms with Crippen LogP contribution in [0.4, 0.5) is 0 Å². The maximum Gasteiger partial charge on any atom is 0.333 e. The summed E-state index contributed by atoms with van der Waals surface area (Å²) in [4.78, 5) is 39.4. The Morgan fingerprint density at radius 3 is 2.06 bits per heavy atom. The van der Waals surface area contributed by atoms with E-state index in [1.807, 2.05) is 65.0 Å². The zero-order chi connectivity index (χ0) is 28.5. The lowest BCUT2D eigenvalue weighted by Crippen LogP contribution is -2.48. The summed E-state index contributed by atoms with van der Waals surface area (Å²) in [6.45, 7) is 17.7. The minimum Gasteiger partial charge on any atom is -0.463 e. The second kappa shape index (κ2) is 18.6. The van der Waals surface area contributed by atoms with E-state index in [4.69, 9.17) is 9.84 Å². The quantitative estimate of drug-likeness (QED) is 0.334. The molecule has 7 nitrogen and oxygen atoms in total. The smallest absolute Gasteiger partial charge is 0.333 e. The van der Waals surface area contributed by atoms with Gasteiger partial charge in [0.05, 0.1) is 19.2 Å². The van der Waals surface area contributed by atoms with Crippen molar-refractivity contribution in [1.29, 1.82) is 0 Å². The molecule has 2 atom stereocenters. The molecule has 0 aliphatic heterocycles. The fraction of sp³-hybridized carbons (Fsp3) is 0.621. The Hall–Kier alpha value is -2.67. The van der Waals surface area contributed by atoms with E-state index in [2.05, 4.69) is 19.2 Å². The largest absolute Gasteiger partial charge is 0.463 e. The summed E-state index contributed by atoms with van der Waals surface area (Å²) < 4.78 is 5.04. The number of esters is 1. The maximum atomic E-state index is 13.0. The van der Waals surface area contributed by atoms with Gasteiger partial charge >= 0.3 is 5.97 Å². The molecule has 0 saturated heterocycles. The summed E-state index contributed by atoms with van der Waals surface area (Å²) in [6.07, 6.45) is 2.42. The van der Waals surface area contributed by atoms with E-state index in [-0.39, 0.29) is 47.6 Å². The summed E-state index contributed by atoms with van der Waals surface area (Å²) in [7, 11) is 2.69. The molecular weight excluding hydrogens is 456 g/mol. The first kappa shape index (κ1) is 35.5. The van der Waals surface area contributed by atoms with Crippen LogP contribution in [0.5, 0.6) is 0 Å². The van der Waals surface area contributed by atoms with Crippen LogP contribution in [0.2, 0.25) is 0 Å². The maximum absolute atomic E-state index is 13.0. The molecule has 0 heterocycles. The van der Waals surface area contributed by atoms with Crippen LogP contribution < -0.4 is 5.32 Å². The van der Waals surface area contributed by atoms with Crippen molar-refractivity contribution in [3.63, 3.8) is 0 Å². The van der Waals surface area contributed by atoms with Crippen LogP contribution in [0.25, 0.3) is 0 Å². The minimum absolute atomic E-state index is 0.0874. The van der Waals surface area contributed by atoms with Crippen molar-refractivity contribution in [2.24, 2.45) is 11.8 Å². The molecule has 36 heavy (non-hydrogen) atoms. The van der Waals surface area contributed by atoms with E-state index < -0.39 is 0 Å². The molecule has 7 heteroatoms. The first-order valence-electron chi connectivity index (χ1n) is 12.9. The Kier molecular flexibility index (Phi) is 18.3. The van der Waals surface area contributed by atoms with E-state index in [9.17, 15) is 14.4 Å². The van der Waals surface area contributed by atoms with Crippen LogP contribution in [0, 0.1) is 11.8 Å². The van der Waals surface area contributed by atoms with E-state index in [1.54, 1.807) is 31.9 Å². The number of aliphatic hydroxyl groups excluding tert-OH is 1. The van der Waals surface area contributed by atoms with E-state index >= 15 is 0 Å². The van der Waals surface area contributed by atoms with E-state index in [1.165, 1.54) is 0 Å². The number of amides is 2. The molecule has 0 radical (unpaired) electrons. The standard InChI is InChI=1S/C26H40N2O4.C2H6.CH4O/c1-9-21(26(6,7)20-14-12-11-13-15-20)24(30)27-17-23(29)28(8)22(18(3)4)16-19(5)25(31)32-10-2;2*1-2/h11-16,18,21-22H,9-10,17H2,1-8H3,(H,27,30);1-2H3;2H,1H3/b19-16+;;/t21-,22-;;/m1../s1. The molecule has 1 aromatic carbocycles. The molecule has 0 aliphatic carbocycles. The van der Waals surface area contributed by atoms with Gasteiger partial charge in [-0.2, -0.15) is 0 Å². The Balaban J connectivity index is 0. The molecule has 2 N–H and O–H groups in total. The normalized spacial score (nSPS) is 12.8. The van der Waals surface area contributed by atoms with Gasteiger partial charge in [0, 0.05) is 31.1 Å². The van der Waals surface area contributed by atoms with Crippen molar-refractivity contribution in [2.75, 3.05) is 27.3 Å². The number of aliphatic hydroxyl groups is 1. The molecule has 0 saturated carbocycles. The lowest BCUT2D eigenvalue weighted by molar-refractivity contribution is -0.138. The molecule has 0 aliphatic rings. The van der Waals surface area contributed by atoms with Gasteiger partial charge in [0.1, 0.15) is 0 Å². The summed E-state index contributed by atoms with van der Waals surface area (Å²) in [5.74, 6) is -0.916. The number of carbonyl (C=O) groups excluding carboxylic acids is 3. The van der Waals surface area contributed by atoms with Gasteiger partial charge in [-0.1, -0.05) is 84.9 Å². The molecule has 2 amide bonds. The Bertz CT molecular complexity index is 803. The molecule has 0 aromatic heterocycles. The fourth-order valence-electron chi connectivity index (χ4n) is 3.99. The van der Waals surface area contributed by atoms with Gasteiger partial charge < -0.3 is 20.1 Å². The van der Waals surface area contributed by atoms with Crippen LogP contribution in [-0.2, 0) is 24.5 Å². The van der Waals surface area contributed by atoms with Gasteiger partial charge in [0.15, 0.2) is 0 Å². The van der Waals surface area contributed by atoms with Crippen LogP contribution in [0.1, 0.15) is 74.3 Å². The van der Waals surface area contributed by atoms with Crippen LogP contribution >= 0.6 is 0 Å².